The molecule has 4 N–H and O–H groups in total. The van der Waals surface area contributed by atoms with E-state index in [2.05, 4.69) is 15.6 Å². The van der Waals surface area contributed by atoms with Crippen LogP contribution in [0.5, 0.6) is 0 Å². The van der Waals surface area contributed by atoms with Gasteiger partial charge in [-0.15, -0.1) is 0 Å². The Morgan fingerprint density at radius 2 is 2.15 bits per heavy atom. The van der Waals surface area contributed by atoms with Gasteiger partial charge >= 0.3 is 0 Å². The Morgan fingerprint density at radius 1 is 1.35 bits per heavy atom. The number of amides is 1. The third-order valence-corrected chi connectivity index (χ3v) is 4.19. The molecule has 1 aliphatic heterocycles. The van der Waals surface area contributed by atoms with Crippen LogP contribution in [0.4, 0.5) is 5.69 Å². The number of nitrogens with zero attached hydrogens (tertiary/aromatic N) is 1. The van der Waals surface area contributed by atoms with Crippen LogP contribution in [0.1, 0.15) is 35.2 Å². The fourth-order valence-corrected chi connectivity index (χ4v) is 2.91. The molecule has 0 bridgehead atoms. The van der Waals surface area contributed by atoms with Crippen molar-refractivity contribution in [1.82, 2.24) is 10.2 Å². The van der Waals surface area contributed by atoms with Crippen molar-refractivity contribution >= 4 is 11.6 Å². The molecule has 1 atom stereocenters. The fraction of sp³-hybridized carbons (Fsp3) is 0.533. The molecule has 1 aliphatic carbocycles. The molecule has 2 aliphatic rings. The van der Waals surface area contributed by atoms with Gasteiger partial charge in [-0.05, 0) is 38.3 Å². The van der Waals surface area contributed by atoms with Gasteiger partial charge in [0, 0.05) is 25.2 Å². The van der Waals surface area contributed by atoms with E-state index in [0.717, 1.165) is 31.1 Å². The second-order valence-electron chi connectivity index (χ2n) is 5.88. The van der Waals surface area contributed by atoms with E-state index in [4.69, 9.17) is 5.84 Å². The zero-order valence-corrected chi connectivity index (χ0v) is 11.9. The highest BCUT2D eigenvalue weighted by Crippen LogP contribution is 2.30. The second-order valence-corrected chi connectivity index (χ2v) is 5.88. The number of benzene rings is 1. The third kappa shape index (κ3) is 2.78. The molecule has 1 saturated carbocycles. The molecule has 108 valence electrons. The molecular formula is C15H22N4O. The molecule has 5 nitrogen and oxygen atoms in total. The van der Waals surface area contributed by atoms with Crippen LogP contribution in [0, 0.1) is 6.92 Å². The highest BCUT2D eigenvalue weighted by atomic mass is 16.1. The monoisotopic (exact) mass is 274 g/mol. The van der Waals surface area contributed by atoms with Crippen molar-refractivity contribution in [3.05, 3.63) is 29.3 Å². The highest BCUT2D eigenvalue weighted by molar-refractivity contribution is 5.99. The molecule has 1 saturated heterocycles. The van der Waals surface area contributed by atoms with Crippen LogP contribution in [0.25, 0.3) is 0 Å². The Bertz CT molecular complexity index is 513. The first-order valence-electron chi connectivity index (χ1n) is 7.29. The normalized spacial score (nSPS) is 22.8. The molecule has 1 amide bonds. The van der Waals surface area contributed by atoms with Crippen LogP contribution < -0.4 is 16.6 Å². The molecule has 20 heavy (non-hydrogen) atoms. The zero-order valence-electron chi connectivity index (χ0n) is 11.9. The lowest BCUT2D eigenvalue weighted by Crippen LogP contribution is -2.38. The molecule has 3 rings (SSSR count). The van der Waals surface area contributed by atoms with Gasteiger partial charge < -0.3 is 10.7 Å². The highest BCUT2D eigenvalue weighted by Gasteiger charge is 2.34. The van der Waals surface area contributed by atoms with E-state index in [1.165, 1.54) is 12.8 Å². The number of nitrogen functional groups attached to an aromatic ring is 1. The summed E-state index contributed by atoms with van der Waals surface area (Å²) in [4.78, 5) is 14.9. The van der Waals surface area contributed by atoms with Crippen molar-refractivity contribution in [3.8, 4) is 0 Å². The quantitative estimate of drug-likeness (QED) is 0.571. The smallest absolute Gasteiger partial charge is 0.253 e. The summed E-state index contributed by atoms with van der Waals surface area (Å²) in [6.45, 7) is 4.06. The van der Waals surface area contributed by atoms with Gasteiger partial charge in [0.25, 0.3) is 5.91 Å². The van der Waals surface area contributed by atoms with Gasteiger partial charge in [0.15, 0.2) is 0 Å². The average molecular weight is 274 g/mol. The maximum atomic E-state index is 12.4. The number of aryl methyl sites for hydroxylation is 1. The fourth-order valence-electron chi connectivity index (χ4n) is 2.91. The van der Waals surface area contributed by atoms with Crippen LogP contribution in [0.15, 0.2) is 18.2 Å². The predicted molar refractivity (Wildman–Crippen MR) is 79.5 cm³/mol. The Kier molecular flexibility index (Phi) is 3.63. The number of hydrogen-bond acceptors (Lipinski definition) is 4. The first-order chi connectivity index (χ1) is 9.67. The minimum atomic E-state index is -0.0377. The topological polar surface area (TPSA) is 70.4 Å². The van der Waals surface area contributed by atoms with Crippen LogP contribution in [0.2, 0.25) is 0 Å². The van der Waals surface area contributed by atoms with Gasteiger partial charge in [-0.2, -0.15) is 0 Å². The van der Waals surface area contributed by atoms with Crippen molar-refractivity contribution < 1.29 is 4.79 Å². The maximum Gasteiger partial charge on any atom is 0.253 e. The Balaban J connectivity index is 1.65. The zero-order chi connectivity index (χ0) is 14.1. The molecule has 0 radical (unpaired) electrons. The molecule has 5 heteroatoms. The molecule has 0 spiro atoms. The lowest BCUT2D eigenvalue weighted by molar-refractivity contribution is 0.0938. The van der Waals surface area contributed by atoms with Gasteiger partial charge in [0.1, 0.15) is 0 Å². The van der Waals surface area contributed by atoms with Crippen molar-refractivity contribution in [2.24, 2.45) is 5.84 Å². The summed E-state index contributed by atoms with van der Waals surface area (Å²) in [6.07, 6.45) is 3.68. The first kappa shape index (κ1) is 13.4. The number of likely N-dealkylation sites (tertiary alicyclic amines) is 1. The summed E-state index contributed by atoms with van der Waals surface area (Å²) >= 11 is 0. The van der Waals surface area contributed by atoms with Crippen molar-refractivity contribution in [3.63, 3.8) is 0 Å². The first-order valence-corrected chi connectivity index (χ1v) is 7.29. The van der Waals surface area contributed by atoms with Gasteiger partial charge in [-0.1, -0.05) is 11.6 Å². The maximum absolute atomic E-state index is 12.4. The minimum Gasteiger partial charge on any atom is -0.348 e. The Labute approximate surface area is 119 Å². The lowest BCUT2D eigenvalue weighted by atomic mass is 10.1. The van der Waals surface area contributed by atoms with Gasteiger partial charge in [0.05, 0.1) is 11.3 Å². The molecule has 1 unspecified atom stereocenters. The lowest BCUT2D eigenvalue weighted by Gasteiger charge is -2.17. The average Bonchev–Trinajstić information content (AvgIpc) is 3.19. The predicted octanol–water partition coefficient (Wildman–Crippen LogP) is 1.25. The summed E-state index contributed by atoms with van der Waals surface area (Å²) in [5.41, 5.74) is 4.94. The van der Waals surface area contributed by atoms with E-state index in [1.807, 2.05) is 25.1 Å². The molecule has 0 aromatic heterocycles. The third-order valence-electron chi connectivity index (χ3n) is 4.19. The number of hydrogen-bond donors (Lipinski definition) is 3. The van der Waals surface area contributed by atoms with E-state index < -0.39 is 0 Å². The molecule has 1 aromatic carbocycles. The Morgan fingerprint density at radius 3 is 2.85 bits per heavy atom. The molecule has 2 fully saturated rings. The molecule has 1 aromatic rings. The number of carbonyl (C=O) groups excluding carboxylic acids is 1. The van der Waals surface area contributed by atoms with Crippen LogP contribution in [-0.2, 0) is 0 Å². The minimum absolute atomic E-state index is 0.0377. The molecule has 1 heterocycles. The van der Waals surface area contributed by atoms with Crippen LogP contribution >= 0.6 is 0 Å². The van der Waals surface area contributed by atoms with Crippen LogP contribution in [-0.4, -0.2) is 36.0 Å². The standard InChI is InChI=1S/C15H22N4O/c1-10-2-5-14(18-16)13(8-10)15(20)17-11-6-7-19(9-11)12-3-4-12/h2,5,8,11-12,18H,3-4,6-7,9,16H2,1H3,(H,17,20). The Hall–Kier alpha value is -1.59. The summed E-state index contributed by atoms with van der Waals surface area (Å²) in [5.74, 6) is 5.44. The number of rotatable bonds is 4. The van der Waals surface area contributed by atoms with Gasteiger partial charge in [-0.25, -0.2) is 0 Å². The summed E-state index contributed by atoms with van der Waals surface area (Å²) in [7, 11) is 0. The summed E-state index contributed by atoms with van der Waals surface area (Å²) < 4.78 is 0. The van der Waals surface area contributed by atoms with Crippen LogP contribution in [0.3, 0.4) is 0 Å². The number of hydrazine groups is 1. The van der Waals surface area contributed by atoms with Crippen molar-refractivity contribution in [1.29, 1.82) is 0 Å². The van der Waals surface area contributed by atoms with Crippen molar-refractivity contribution in [2.75, 3.05) is 18.5 Å². The van der Waals surface area contributed by atoms with Gasteiger partial charge in [0.2, 0.25) is 0 Å². The van der Waals surface area contributed by atoms with E-state index in [9.17, 15) is 4.79 Å². The largest absolute Gasteiger partial charge is 0.348 e. The second kappa shape index (κ2) is 5.42. The number of carbonyl (C=O) groups is 1. The van der Waals surface area contributed by atoms with E-state index in [0.29, 0.717) is 11.3 Å². The van der Waals surface area contributed by atoms with E-state index >= 15 is 0 Å². The number of nitrogens with two attached hydrogens (primary N) is 1. The number of nitrogens with one attached hydrogen (secondary N) is 2. The molecular weight excluding hydrogens is 252 g/mol. The van der Waals surface area contributed by atoms with Gasteiger partial charge in [-0.3, -0.25) is 15.5 Å². The van der Waals surface area contributed by atoms with E-state index in [1.54, 1.807) is 0 Å². The SMILES string of the molecule is Cc1ccc(NN)c(C(=O)NC2CCN(C3CC3)C2)c1. The summed E-state index contributed by atoms with van der Waals surface area (Å²) in [5, 5.41) is 3.13. The van der Waals surface area contributed by atoms with Crippen molar-refractivity contribution in [2.45, 2.75) is 38.3 Å². The summed E-state index contributed by atoms with van der Waals surface area (Å²) in [6, 6.07) is 6.69. The van der Waals surface area contributed by atoms with E-state index in [-0.39, 0.29) is 11.9 Å². The number of anilines is 1.